The highest BCUT2D eigenvalue weighted by Crippen LogP contribution is 2.42. The van der Waals surface area contributed by atoms with E-state index >= 15 is 4.39 Å². The number of halogens is 2. The quantitative estimate of drug-likeness (QED) is 0.390. The van der Waals surface area contributed by atoms with Crippen molar-refractivity contribution in [1.82, 2.24) is 14.3 Å². The first-order chi connectivity index (χ1) is 14.3. The smallest absolute Gasteiger partial charge is 0.335 e. The molecular formula is C22H19ClFN3O2S. The highest BCUT2D eigenvalue weighted by atomic mass is 35.5. The lowest BCUT2D eigenvalue weighted by Crippen LogP contribution is -2.01. The number of rotatable bonds is 5. The molecule has 154 valence electrons. The number of carboxylic acids is 1. The average Bonchev–Trinajstić information content (AvgIpc) is 3.29. The predicted molar refractivity (Wildman–Crippen MR) is 117 cm³/mol. The van der Waals surface area contributed by atoms with Gasteiger partial charge in [-0.2, -0.15) is 5.10 Å². The van der Waals surface area contributed by atoms with Gasteiger partial charge in [-0.1, -0.05) is 29.4 Å². The van der Waals surface area contributed by atoms with Crippen LogP contribution in [0.5, 0.6) is 0 Å². The molecule has 0 saturated heterocycles. The summed E-state index contributed by atoms with van der Waals surface area (Å²) in [6, 6.07) is 10.2. The van der Waals surface area contributed by atoms with Crippen molar-refractivity contribution in [1.29, 1.82) is 0 Å². The van der Waals surface area contributed by atoms with E-state index in [0.717, 1.165) is 21.2 Å². The minimum Gasteiger partial charge on any atom is -0.478 e. The lowest BCUT2D eigenvalue weighted by atomic mass is 10.2. The molecule has 0 bridgehead atoms. The van der Waals surface area contributed by atoms with Crippen LogP contribution >= 0.6 is 23.4 Å². The van der Waals surface area contributed by atoms with E-state index in [1.165, 1.54) is 17.8 Å². The van der Waals surface area contributed by atoms with Gasteiger partial charge in [0.05, 0.1) is 28.0 Å². The number of nitrogens with zero attached hydrogens (tertiary/aromatic N) is 3. The summed E-state index contributed by atoms with van der Waals surface area (Å²) in [5.74, 6) is -1.49. The first kappa shape index (κ1) is 20.5. The molecule has 4 rings (SSSR count). The lowest BCUT2D eigenvalue weighted by molar-refractivity contribution is 0.0696. The van der Waals surface area contributed by atoms with Crippen LogP contribution in [0.3, 0.4) is 0 Å². The third-order valence-electron chi connectivity index (χ3n) is 4.88. The van der Waals surface area contributed by atoms with Crippen LogP contribution in [0.4, 0.5) is 4.39 Å². The number of aromatic carboxylic acids is 1. The van der Waals surface area contributed by atoms with E-state index in [9.17, 15) is 9.90 Å². The minimum absolute atomic E-state index is 0.0434. The monoisotopic (exact) mass is 443 g/mol. The van der Waals surface area contributed by atoms with E-state index in [4.69, 9.17) is 11.6 Å². The van der Waals surface area contributed by atoms with Gasteiger partial charge >= 0.3 is 5.97 Å². The van der Waals surface area contributed by atoms with Gasteiger partial charge in [0.2, 0.25) is 0 Å². The number of aromatic nitrogens is 3. The fourth-order valence-electron chi connectivity index (χ4n) is 3.39. The second-order valence-electron chi connectivity index (χ2n) is 7.21. The number of fused-ring (bicyclic) bond motifs is 1. The summed E-state index contributed by atoms with van der Waals surface area (Å²) in [6.45, 7) is 5.95. The molecule has 8 heteroatoms. The van der Waals surface area contributed by atoms with Gasteiger partial charge in [0, 0.05) is 33.1 Å². The molecule has 0 spiro atoms. The first-order valence-corrected chi connectivity index (χ1v) is 10.5. The van der Waals surface area contributed by atoms with Crippen LogP contribution in [0.25, 0.3) is 16.6 Å². The number of carboxylic acid groups (broad SMARTS) is 1. The maximum absolute atomic E-state index is 15.1. The van der Waals surface area contributed by atoms with E-state index in [-0.39, 0.29) is 16.6 Å². The Bertz CT molecular complexity index is 1280. The van der Waals surface area contributed by atoms with Crippen molar-refractivity contribution in [3.8, 4) is 5.69 Å². The molecule has 2 aromatic heterocycles. The van der Waals surface area contributed by atoms with E-state index in [1.807, 2.05) is 42.3 Å². The Kier molecular flexibility index (Phi) is 5.34. The molecule has 0 saturated carbocycles. The molecule has 0 atom stereocenters. The van der Waals surface area contributed by atoms with E-state index in [1.54, 1.807) is 30.5 Å². The molecule has 0 aliphatic rings. The molecule has 0 amide bonds. The summed E-state index contributed by atoms with van der Waals surface area (Å²) < 4.78 is 18.8. The van der Waals surface area contributed by atoms with Gasteiger partial charge in [-0.15, -0.1) is 0 Å². The van der Waals surface area contributed by atoms with Crippen molar-refractivity contribution < 1.29 is 14.3 Å². The second-order valence-corrected chi connectivity index (χ2v) is 8.71. The van der Waals surface area contributed by atoms with Gasteiger partial charge < -0.3 is 9.67 Å². The Hall–Kier alpha value is -2.77. The summed E-state index contributed by atoms with van der Waals surface area (Å²) in [5, 5.41) is 14.4. The molecular weight excluding hydrogens is 425 g/mol. The summed E-state index contributed by atoms with van der Waals surface area (Å²) in [5.41, 5.74) is 2.13. The zero-order chi connectivity index (χ0) is 21.6. The van der Waals surface area contributed by atoms with Crippen molar-refractivity contribution in [2.45, 2.75) is 36.6 Å². The van der Waals surface area contributed by atoms with Gasteiger partial charge in [-0.3, -0.25) is 4.68 Å². The third-order valence-corrected chi connectivity index (χ3v) is 6.38. The highest BCUT2D eigenvalue weighted by Gasteiger charge is 2.22. The lowest BCUT2D eigenvalue weighted by Gasteiger charge is -2.08. The molecule has 4 aromatic rings. The Morgan fingerprint density at radius 1 is 1.27 bits per heavy atom. The van der Waals surface area contributed by atoms with Crippen molar-refractivity contribution in [2.24, 2.45) is 0 Å². The molecule has 0 aliphatic carbocycles. The summed E-state index contributed by atoms with van der Waals surface area (Å²) >= 11 is 7.50. The number of carbonyl (C=O) groups is 1. The van der Waals surface area contributed by atoms with Crippen LogP contribution in [-0.4, -0.2) is 25.4 Å². The summed E-state index contributed by atoms with van der Waals surface area (Å²) in [6.07, 6.45) is 3.57. The number of hydrogen-bond donors (Lipinski definition) is 1. The molecule has 0 unspecified atom stereocenters. The van der Waals surface area contributed by atoms with Crippen LogP contribution in [0.15, 0.2) is 58.6 Å². The fourth-order valence-corrected chi connectivity index (χ4v) is 4.63. The average molecular weight is 444 g/mol. The van der Waals surface area contributed by atoms with Crippen LogP contribution in [-0.2, 0) is 0 Å². The molecule has 5 nitrogen and oxygen atoms in total. The third kappa shape index (κ3) is 3.48. The molecule has 0 aliphatic heterocycles. The molecule has 0 fully saturated rings. The van der Waals surface area contributed by atoms with Gasteiger partial charge in [0.15, 0.2) is 5.82 Å². The molecule has 2 aromatic carbocycles. The predicted octanol–water partition coefficient (Wildman–Crippen LogP) is 6.36. The summed E-state index contributed by atoms with van der Waals surface area (Å²) in [4.78, 5) is 12.9. The topological polar surface area (TPSA) is 60.0 Å². The van der Waals surface area contributed by atoms with Crippen molar-refractivity contribution in [2.75, 3.05) is 0 Å². The zero-order valence-corrected chi connectivity index (χ0v) is 18.1. The van der Waals surface area contributed by atoms with E-state index in [2.05, 4.69) is 5.10 Å². The second kappa shape index (κ2) is 7.81. The van der Waals surface area contributed by atoms with Gasteiger partial charge in [0.1, 0.15) is 0 Å². The summed E-state index contributed by atoms with van der Waals surface area (Å²) in [7, 11) is 0. The normalized spacial score (nSPS) is 11.5. The first-order valence-electron chi connectivity index (χ1n) is 9.32. The van der Waals surface area contributed by atoms with E-state index in [0.29, 0.717) is 10.9 Å². The molecule has 1 N–H and O–H groups in total. The van der Waals surface area contributed by atoms with Gasteiger partial charge in [-0.25, -0.2) is 9.18 Å². The standard InChI is InChI=1S/C22H19ClFN3O2S/c1-12(2)26-11-15(10-25-26)27-13(3)21(17-7-8-18(23)19(24)20(17)27)30-16-6-4-5-14(9-16)22(28)29/h4-12H,1-3H3,(H,28,29). The maximum Gasteiger partial charge on any atom is 0.335 e. The van der Waals surface area contributed by atoms with Crippen molar-refractivity contribution >= 4 is 40.2 Å². The molecule has 30 heavy (non-hydrogen) atoms. The van der Waals surface area contributed by atoms with Crippen LogP contribution < -0.4 is 0 Å². The zero-order valence-electron chi connectivity index (χ0n) is 16.6. The van der Waals surface area contributed by atoms with Crippen molar-refractivity contribution in [3.63, 3.8) is 0 Å². The molecule has 2 heterocycles. The Morgan fingerprint density at radius 2 is 2.03 bits per heavy atom. The largest absolute Gasteiger partial charge is 0.478 e. The Balaban J connectivity index is 1.93. The number of benzene rings is 2. The molecule has 0 radical (unpaired) electrons. The Labute approximate surface area is 182 Å². The highest BCUT2D eigenvalue weighted by molar-refractivity contribution is 7.99. The van der Waals surface area contributed by atoms with E-state index < -0.39 is 11.8 Å². The fraction of sp³-hybridized carbons (Fsp3) is 0.182. The minimum atomic E-state index is -0.990. The SMILES string of the molecule is Cc1c(Sc2cccc(C(=O)O)c2)c2ccc(Cl)c(F)c2n1-c1cnn(C(C)C)c1. The van der Waals surface area contributed by atoms with Crippen LogP contribution in [0, 0.1) is 12.7 Å². The number of hydrogen-bond acceptors (Lipinski definition) is 3. The maximum atomic E-state index is 15.1. The van der Waals surface area contributed by atoms with Crippen molar-refractivity contribution in [3.05, 3.63) is 70.9 Å². The van der Waals surface area contributed by atoms with Crippen LogP contribution in [0.1, 0.15) is 35.9 Å². The van der Waals surface area contributed by atoms with Gasteiger partial charge in [0.25, 0.3) is 0 Å². The van der Waals surface area contributed by atoms with Crippen LogP contribution in [0.2, 0.25) is 5.02 Å². The van der Waals surface area contributed by atoms with Gasteiger partial charge in [-0.05, 0) is 51.1 Å². The Morgan fingerprint density at radius 3 is 2.70 bits per heavy atom.